The molecule has 49 heavy (non-hydrogen) atoms. The Kier molecular flexibility index (Phi) is 12.2. The first-order valence-electron chi connectivity index (χ1n) is 15.6. The number of nitrogens with zero attached hydrogens (tertiary/aromatic N) is 2. The van der Waals surface area contributed by atoms with E-state index < -0.39 is 28.0 Å². The van der Waals surface area contributed by atoms with Crippen LogP contribution in [0.5, 0.6) is 0 Å². The van der Waals surface area contributed by atoms with Crippen LogP contribution < -0.4 is 15.8 Å². The molecule has 0 fully saturated rings. The van der Waals surface area contributed by atoms with E-state index in [0.29, 0.717) is 37.1 Å². The molecule has 0 spiro atoms. The van der Waals surface area contributed by atoms with Crippen LogP contribution in [-0.4, -0.2) is 52.7 Å². The number of urea groups is 1. The lowest BCUT2D eigenvalue weighted by Gasteiger charge is -2.11. The predicted octanol–water partition coefficient (Wildman–Crippen LogP) is 5.45. The number of rotatable bonds is 12. The van der Waals surface area contributed by atoms with E-state index in [1.165, 1.54) is 24.3 Å². The average Bonchev–Trinajstić information content (AvgIpc) is 3.52. The Morgan fingerprint density at radius 3 is 2.06 bits per heavy atom. The maximum absolute atomic E-state index is 12.3. The van der Waals surface area contributed by atoms with Crippen molar-refractivity contribution in [3.05, 3.63) is 125 Å². The van der Waals surface area contributed by atoms with Crippen LogP contribution in [-0.2, 0) is 29.4 Å². The molecule has 6 N–H and O–H groups in total. The SMILES string of the molecule is CCCCc1c(C(=O)O)cc(C)cc1C(=O)O.NCc1ccc(S(=O)(=O)NC(=O)NCCc2ccc(-n3cnc4ccccc43)cc2)cc1. The molecule has 0 aliphatic heterocycles. The number of para-hydroxylation sites is 2. The van der Waals surface area contributed by atoms with Crippen LogP contribution in [0.1, 0.15) is 62.7 Å². The number of fused-ring (bicyclic) bond motifs is 1. The summed E-state index contributed by atoms with van der Waals surface area (Å²) in [6.45, 7) is 4.28. The number of carboxylic acid groups (broad SMARTS) is 2. The van der Waals surface area contributed by atoms with Crippen LogP contribution in [0.4, 0.5) is 4.79 Å². The highest BCUT2D eigenvalue weighted by Crippen LogP contribution is 2.21. The molecule has 0 aliphatic carbocycles. The second kappa shape index (κ2) is 16.5. The summed E-state index contributed by atoms with van der Waals surface area (Å²) in [5.41, 5.74) is 11.6. The predicted molar refractivity (Wildman–Crippen MR) is 187 cm³/mol. The van der Waals surface area contributed by atoms with E-state index in [4.69, 9.17) is 15.9 Å². The highest BCUT2D eigenvalue weighted by atomic mass is 32.2. The highest BCUT2D eigenvalue weighted by molar-refractivity contribution is 7.90. The number of sulfonamides is 1. The monoisotopic (exact) mass is 685 g/mol. The average molecular weight is 686 g/mol. The summed E-state index contributed by atoms with van der Waals surface area (Å²) >= 11 is 0. The van der Waals surface area contributed by atoms with Gasteiger partial charge in [-0.1, -0.05) is 49.7 Å². The molecular weight excluding hydrogens is 646 g/mol. The van der Waals surface area contributed by atoms with Gasteiger partial charge >= 0.3 is 18.0 Å². The third-order valence-electron chi connectivity index (χ3n) is 7.70. The van der Waals surface area contributed by atoms with Crippen molar-refractivity contribution in [2.45, 2.75) is 51.0 Å². The molecule has 0 unspecified atom stereocenters. The number of carbonyl (C=O) groups excluding carboxylic acids is 1. The standard InChI is InChI=1S/C23H23N5O3S.C13H16O4/c24-15-18-7-11-20(12-8-18)32(30,31)27-23(29)25-14-13-17-5-9-19(10-6-17)28-16-26-21-3-1-2-4-22(21)28;1-3-4-5-9-10(12(14)15)6-8(2)7-11(9)13(16)17/h1-12,16H,13-15,24H2,(H2,25,27,29);6-7H,3-5H2,1-2H3,(H,14,15)(H,16,17). The smallest absolute Gasteiger partial charge is 0.335 e. The van der Waals surface area contributed by atoms with E-state index in [0.717, 1.165) is 40.7 Å². The lowest BCUT2D eigenvalue weighted by atomic mass is 9.94. The minimum atomic E-state index is -3.94. The zero-order valence-electron chi connectivity index (χ0n) is 27.2. The molecule has 0 aliphatic rings. The number of aromatic nitrogens is 2. The molecule has 13 heteroatoms. The van der Waals surface area contributed by atoms with Gasteiger partial charge in [-0.3, -0.25) is 4.57 Å². The van der Waals surface area contributed by atoms with E-state index in [9.17, 15) is 22.8 Å². The fourth-order valence-corrected chi connectivity index (χ4v) is 6.08. The molecule has 5 rings (SSSR count). The molecule has 2 amide bonds. The number of aromatic carboxylic acids is 2. The van der Waals surface area contributed by atoms with Gasteiger partial charge in [0.25, 0.3) is 10.0 Å². The topological polar surface area (TPSA) is 194 Å². The fourth-order valence-electron chi connectivity index (χ4n) is 5.15. The minimum Gasteiger partial charge on any atom is -0.478 e. The van der Waals surface area contributed by atoms with E-state index in [1.54, 1.807) is 25.4 Å². The first-order valence-corrected chi connectivity index (χ1v) is 17.1. The number of carbonyl (C=O) groups is 3. The Labute approximate surface area is 284 Å². The van der Waals surface area contributed by atoms with Gasteiger partial charge in [-0.05, 0) is 97.0 Å². The lowest BCUT2D eigenvalue weighted by Crippen LogP contribution is -2.40. The van der Waals surface area contributed by atoms with Gasteiger partial charge in [0.1, 0.15) is 6.33 Å². The van der Waals surface area contributed by atoms with Gasteiger partial charge in [0.2, 0.25) is 0 Å². The third-order valence-corrected chi connectivity index (χ3v) is 9.05. The Morgan fingerprint density at radius 2 is 1.47 bits per heavy atom. The number of amides is 2. The summed E-state index contributed by atoms with van der Waals surface area (Å²) in [6, 6.07) is 24.2. The largest absolute Gasteiger partial charge is 0.478 e. The van der Waals surface area contributed by atoms with E-state index in [-0.39, 0.29) is 16.0 Å². The first-order chi connectivity index (χ1) is 23.4. The van der Waals surface area contributed by atoms with Crippen molar-refractivity contribution in [1.82, 2.24) is 19.6 Å². The molecule has 256 valence electrons. The Morgan fingerprint density at radius 1 is 0.857 bits per heavy atom. The molecule has 4 aromatic carbocycles. The Bertz CT molecular complexity index is 2010. The van der Waals surface area contributed by atoms with Gasteiger partial charge in [-0.15, -0.1) is 0 Å². The van der Waals surface area contributed by atoms with Gasteiger partial charge in [-0.2, -0.15) is 0 Å². The molecule has 0 radical (unpaired) electrons. The molecule has 0 saturated heterocycles. The number of nitrogens with two attached hydrogens (primary N) is 1. The number of unbranched alkanes of at least 4 members (excludes halogenated alkanes) is 1. The van der Waals surface area contributed by atoms with Crippen LogP contribution in [0.15, 0.2) is 96.2 Å². The van der Waals surface area contributed by atoms with Gasteiger partial charge in [0.15, 0.2) is 0 Å². The lowest BCUT2D eigenvalue weighted by molar-refractivity contribution is 0.0695. The molecular formula is C36H39N5O7S. The van der Waals surface area contributed by atoms with Crippen molar-refractivity contribution in [2.75, 3.05) is 6.54 Å². The Hall–Kier alpha value is -5.53. The number of hydrogen-bond acceptors (Lipinski definition) is 7. The molecule has 5 aromatic rings. The normalized spacial score (nSPS) is 11.0. The molecule has 1 aromatic heterocycles. The number of aryl methyl sites for hydroxylation is 1. The zero-order valence-corrected chi connectivity index (χ0v) is 28.0. The van der Waals surface area contributed by atoms with Crippen molar-refractivity contribution in [1.29, 1.82) is 0 Å². The summed E-state index contributed by atoms with van der Waals surface area (Å²) in [5.74, 6) is -2.13. The highest BCUT2D eigenvalue weighted by Gasteiger charge is 2.19. The van der Waals surface area contributed by atoms with Crippen LogP contribution >= 0.6 is 0 Å². The van der Waals surface area contributed by atoms with Crippen molar-refractivity contribution in [2.24, 2.45) is 5.73 Å². The summed E-state index contributed by atoms with van der Waals surface area (Å²) in [4.78, 5) is 38.7. The number of nitrogens with one attached hydrogen (secondary N) is 2. The summed E-state index contributed by atoms with van der Waals surface area (Å²) in [7, 11) is -3.94. The van der Waals surface area contributed by atoms with Gasteiger partial charge in [0.05, 0.1) is 27.1 Å². The first kappa shape index (κ1) is 36.3. The van der Waals surface area contributed by atoms with E-state index >= 15 is 0 Å². The van der Waals surface area contributed by atoms with Crippen LogP contribution in [0.25, 0.3) is 16.7 Å². The summed E-state index contributed by atoms with van der Waals surface area (Å²) in [5, 5.41) is 20.8. The number of imidazole rings is 1. The fraction of sp³-hybridized carbons (Fsp3) is 0.222. The summed E-state index contributed by atoms with van der Waals surface area (Å²) in [6.07, 6.45) is 4.51. The number of hydrogen-bond donors (Lipinski definition) is 5. The third kappa shape index (κ3) is 9.52. The van der Waals surface area contributed by atoms with E-state index in [2.05, 4.69) is 10.3 Å². The molecule has 12 nitrogen and oxygen atoms in total. The van der Waals surface area contributed by atoms with Crippen LogP contribution in [0.2, 0.25) is 0 Å². The minimum absolute atomic E-state index is 0.00691. The van der Waals surface area contributed by atoms with E-state index in [1.807, 2.05) is 64.7 Å². The molecule has 0 bridgehead atoms. The van der Waals surface area contributed by atoms with Gasteiger partial charge in [0, 0.05) is 18.8 Å². The quantitative estimate of drug-likeness (QED) is 0.114. The van der Waals surface area contributed by atoms with Crippen molar-refractivity contribution < 1.29 is 33.0 Å². The number of carboxylic acids is 2. The maximum atomic E-state index is 12.3. The zero-order chi connectivity index (χ0) is 35.6. The van der Waals surface area contributed by atoms with Crippen molar-refractivity contribution in [3.8, 4) is 5.69 Å². The maximum Gasteiger partial charge on any atom is 0.335 e. The van der Waals surface area contributed by atoms with Crippen LogP contribution in [0.3, 0.4) is 0 Å². The van der Waals surface area contributed by atoms with Gasteiger partial charge in [-0.25, -0.2) is 32.5 Å². The van der Waals surface area contributed by atoms with Crippen molar-refractivity contribution in [3.63, 3.8) is 0 Å². The second-order valence-corrected chi connectivity index (χ2v) is 13.0. The molecule has 0 atom stereocenters. The molecule has 1 heterocycles. The summed E-state index contributed by atoms with van der Waals surface area (Å²) < 4.78 is 28.6. The van der Waals surface area contributed by atoms with Crippen LogP contribution in [0, 0.1) is 6.92 Å². The molecule has 0 saturated carbocycles. The Balaban J connectivity index is 0.000000269. The van der Waals surface area contributed by atoms with Gasteiger partial charge < -0.3 is 21.3 Å². The number of benzene rings is 4. The second-order valence-electron chi connectivity index (χ2n) is 11.3. The van der Waals surface area contributed by atoms with Crippen molar-refractivity contribution >= 4 is 39.0 Å².